The highest BCUT2D eigenvalue weighted by atomic mass is 16.6. The number of hydrogen-bond donors (Lipinski definition) is 2. The lowest BCUT2D eigenvalue weighted by Gasteiger charge is -2.31. The molecule has 0 saturated heterocycles. The van der Waals surface area contributed by atoms with Gasteiger partial charge in [0, 0.05) is 19.1 Å². The average Bonchev–Trinajstić information content (AvgIpc) is 2.74. The van der Waals surface area contributed by atoms with Crippen molar-refractivity contribution in [3.05, 3.63) is 29.8 Å². The van der Waals surface area contributed by atoms with E-state index in [0.29, 0.717) is 39.1 Å². The number of ether oxygens (including phenoxy) is 2. The lowest BCUT2D eigenvalue weighted by Crippen LogP contribution is -2.47. The molecule has 2 aliphatic heterocycles. The molecule has 1 aromatic rings. The second kappa shape index (κ2) is 8.12. The zero-order valence-electron chi connectivity index (χ0n) is 15.9. The first kappa shape index (κ1) is 18.7. The molecule has 0 atom stereocenters. The Morgan fingerprint density at radius 3 is 2.50 bits per heavy atom. The molecule has 28 heavy (non-hydrogen) atoms. The van der Waals surface area contributed by atoms with E-state index in [4.69, 9.17) is 14.6 Å². The Morgan fingerprint density at radius 1 is 1.07 bits per heavy atom. The van der Waals surface area contributed by atoms with Crippen LogP contribution in [0.2, 0.25) is 0 Å². The zero-order chi connectivity index (χ0) is 19.5. The van der Waals surface area contributed by atoms with Crippen LogP contribution in [0.15, 0.2) is 24.3 Å². The lowest BCUT2D eigenvalue weighted by atomic mass is 9.86. The highest BCUT2D eigenvalue weighted by Crippen LogP contribution is 2.34. The Labute approximate surface area is 164 Å². The van der Waals surface area contributed by atoms with Gasteiger partial charge in [-0.1, -0.05) is 12.1 Å². The topological polar surface area (TPSA) is 88.1 Å². The summed E-state index contributed by atoms with van der Waals surface area (Å²) in [5.74, 6) is 0.573. The van der Waals surface area contributed by atoms with Crippen molar-refractivity contribution < 1.29 is 24.2 Å². The van der Waals surface area contributed by atoms with Crippen LogP contribution < -0.4 is 14.8 Å². The molecule has 2 N–H and O–H groups in total. The molecule has 3 aliphatic rings. The Morgan fingerprint density at radius 2 is 1.82 bits per heavy atom. The third kappa shape index (κ3) is 4.08. The summed E-state index contributed by atoms with van der Waals surface area (Å²) >= 11 is 0. The third-order valence-electron chi connectivity index (χ3n) is 5.81. The van der Waals surface area contributed by atoms with Crippen molar-refractivity contribution in [1.82, 2.24) is 10.2 Å². The minimum absolute atomic E-state index is 0.0590. The number of urea groups is 1. The summed E-state index contributed by atoms with van der Waals surface area (Å²) in [6.07, 6.45) is 5.61. The molecule has 2 heterocycles. The van der Waals surface area contributed by atoms with Gasteiger partial charge in [0.15, 0.2) is 11.5 Å². The number of aliphatic carboxylic acids is 1. The summed E-state index contributed by atoms with van der Waals surface area (Å²) in [6, 6.07) is 6.01. The maximum Gasteiger partial charge on any atom is 0.317 e. The summed E-state index contributed by atoms with van der Waals surface area (Å²) in [6.45, 7) is 2.38. The largest absolute Gasteiger partial charge is 0.486 e. The molecule has 1 fully saturated rings. The van der Waals surface area contributed by atoms with E-state index in [9.17, 15) is 9.59 Å². The number of carboxylic acid groups (broad SMARTS) is 1. The van der Waals surface area contributed by atoms with Crippen molar-refractivity contribution in [1.29, 1.82) is 0 Å². The van der Waals surface area contributed by atoms with Crippen molar-refractivity contribution in [2.75, 3.05) is 26.3 Å². The van der Waals surface area contributed by atoms with Crippen molar-refractivity contribution in [2.45, 2.75) is 38.1 Å². The first-order chi connectivity index (χ1) is 13.6. The average molecular weight is 386 g/mol. The number of rotatable bonds is 3. The van der Waals surface area contributed by atoms with Gasteiger partial charge in [-0.25, -0.2) is 4.79 Å². The van der Waals surface area contributed by atoms with Gasteiger partial charge in [-0.3, -0.25) is 4.79 Å². The van der Waals surface area contributed by atoms with Crippen LogP contribution in [0, 0.1) is 5.92 Å². The monoisotopic (exact) mass is 386 g/mol. The molecule has 2 amide bonds. The van der Waals surface area contributed by atoms with E-state index in [-0.39, 0.29) is 18.0 Å². The van der Waals surface area contributed by atoms with Crippen LogP contribution in [0.3, 0.4) is 0 Å². The minimum Gasteiger partial charge on any atom is -0.486 e. The Bertz CT molecular complexity index is 783. The van der Waals surface area contributed by atoms with Crippen molar-refractivity contribution in [2.24, 2.45) is 5.92 Å². The molecule has 0 bridgehead atoms. The van der Waals surface area contributed by atoms with E-state index in [0.717, 1.165) is 36.3 Å². The second-order valence-electron chi connectivity index (χ2n) is 7.62. The highest BCUT2D eigenvalue weighted by molar-refractivity contribution is 5.77. The number of amides is 2. The van der Waals surface area contributed by atoms with Crippen LogP contribution in [-0.2, 0) is 4.79 Å². The van der Waals surface area contributed by atoms with Gasteiger partial charge in [-0.2, -0.15) is 0 Å². The number of fused-ring (bicyclic) bond motifs is 1. The molecule has 0 unspecified atom stereocenters. The quantitative estimate of drug-likeness (QED) is 0.834. The first-order valence-corrected chi connectivity index (χ1v) is 9.97. The van der Waals surface area contributed by atoms with Crippen LogP contribution in [0.4, 0.5) is 4.79 Å². The Hall–Kier alpha value is -2.70. The number of nitrogens with zero attached hydrogens (tertiary/aromatic N) is 1. The molecule has 0 radical (unpaired) electrons. The molecule has 1 aliphatic carbocycles. The van der Waals surface area contributed by atoms with Crippen LogP contribution in [0.5, 0.6) is 11.5 Å². The van der Waals surface area contributed by atoms with Crippen molar-refractivity contribution in [3.63, 3.8) is 0 Å². The maximum atomic E-state index is 12.5. The highest BCUT2D eigenvalue weighted by Gasteiger charge is 2.28. The lowest BCUT2D eigenvalue weighted by molar-refractivity contribution is -0.142. The van der Waals surface area contributed by atoms with Gasteiger partial charge in [-0.15, -0.1) is 0 Å². The summed E-state index contributed by atoms with van der Waals surface area (Å²) in [5, 5.41) is 12.1. The smallest absolute Gasteiger partial charge is 0.317 e. The van der Waals surface area contributed by atoms with Crippen molar-refractivity contribution >= 4 is 17.6 Å². The van der Waals surface area contributed by atoms with Crippen LogP contribution in [0.1, 0.15) is 37.7 Å². The van der Waals surface area contributed by atoms with E-state index >= 15 is 0 Å². The minimum atomic E-state index is -0.724. The second-order valence-corrected chi connectivity index (χ2v) is 7.62. The van der Waals surface area contributed by atoms with Crippen LogP contribution in [0.25, 0.3) is 5.57 Å². The number of nitrogens with one attached hydrogen (secondary N) is 1. The molecular weight excluding hydrogens is 360 g/mol. The number of carboxylic acids is 1. The summed E-state index contributed by atoms with van der Waals surface area (Å²) in [4.78, 5) is 25.4. The van der Waals surface area contributed by atoms with Gasteiger partial charge < -0.3 is 24.8 Å². The van der Waals surface area contributed by atoms with Gasteiger partial charge in [0.25, 0.3) is 0 Å². The molecule has 150 valence electrons. The molecule has 0 aromatic heterocycles. The van der Waals surface area contributed by atoms with Gasteiger partial charge >= 0.3 is 12.0 Å². The third-order valence-corrected chi connectivity index (χ3v) is 5.81. The first-order valence-electron chi connectivity index (χ1n) is 9.97. The van der Waals surface area contributed by atoms with E-state index < -0.39 is 5.97 Å². The molecule has 1 saturated carbocycles. The predicted octanol–water partition coefficient (Wildman–Crippen LogP) is 2.90. The fourth-order valence-electron chi connectivity index (χ4n) is 4.11. The Balaban J connectivity index is 1.31. The fourth-order valence-corrected chi connectivity index (χ4v) is 4.11. The van der Waals surface area contributed by atoms with E-state index in [2.05, 4.69) is 11.4 Å². The molecular formula is C21H26N2O5. The number of carbonyl (C=O) groups excluding carboxylic acids is 1. The van der Waals surface area contributed by atoms with E-state index in [1.807, 2.05) is 23.1 Å². The SMILES string of the molecule is O=C(O)C1CCC(NC(=O)N2CC=C(c3ccc4c(c3)OCCO4)CC2)CC1. The molecule has 7 nitrogen and oxygen atoms in total. The zero-order valence-corrected chi connectivity index (χ0v) is 15.9. The van der Waals surface area contributed by atoms with Crippen LogP contribution in [-0.4, -0.2) is 54.4 Å². The van der Waals surface area contributed by atoms with Gasteiger partial charge in [0.1, 0.15) is 13.2 Å². The van der Waals surface area contributed by atoms with E-state index in [1.54, 1.807) is 0 Å². The normalized spacial score (nSPS) is 24.3. The maximum absolute atomic E-state index is 12.5. The number of hydrogen-bond acceptors (Lipinski definition) is 4. The Kier molecular flexibility index (Phi) is 5.41. The molecule has 7 heteroatoms. The summed E-state index contributed by atoms with van der Waals surface area (Å²) < 4.78 is 11.2. The number of benzene rings is 1. The molecule has 0 spiro atoms. The summed E-state index contributed by atoms with van der Waals surface area (Å²) in [5.41, 5.74) is 2.32. The van der Waals surface area contributed by atoms with E-state index in [1.165, 1.54) is 5.57 Å². The van der Waals surface area contributed by atoms with Gasteiger partial charge in [0.2, 0.25) is 0 Å². The fraction of sp³-hybridized carbons (Fsp3) is 0.524. The van der Waals surface area contributed by atoms with Gasteiger partial charge in [-0.05, 0) is 55.4 Å². The molecule has 1 aromatic carbocycles. The van der Waals surface area contributed by atoms with Crippen molar-refractivity contribution in [3.8, 4) is 11.5 Å². The summed E-state index contributed by atoms with van der Waals surface area (Å²) in [7, 11) is 0. The standard InChI is InChI=1S/C21H26N2O5/c24-20(25)15-1-4-17(5-2-15)22-21(26)23-9-7-14(8-10-23)16-3-6-18-19(13-16)28-12-11-27-18/h3,6-7,13,15,17H,1-2,4-5,8-12H2,(H,22,26)(H,24,25). The van der Waals surface area contributed by atoms with Crippen LogP contribution >= 0.6 is 0 Å². The molecule has 4 rings (SSSR count). The predicted molar refractivity (Wildman–Crippen MR) is 104 cm³/mol. The van der Waals surface area contributed by atoms with Gasteiger partial charge in [0.05, 0.1) is 5.92 Å². The number of carbonyl (C=O) groups is 2.